The second kappa shape index (κ2) is 9.98. The van der Waals surface area contributed by atoms with Crippen LogP contribution in [0.5, 0.6) is 0 Å². The van der Waals surface area contributed by atoms with Crippen molar-refractivity contribution in [3.63, 3.8) is 0 Å². The van der Waals surface area contributed by atoms with Gasteiger partial charge in [0, 0.05) is 35.0 Å². The van der Waals surface area contributed by atoms with Crippen LogP contribution in [0.3, 0.4) is 0 Å². The first-order valence-electron chi connectivity index (χ1n) is 11.4. The van der Waals surface area contributed by atoms with Crippen molar-refractivity contribution < 1.29 is 0 Å². The van der Waals surface area contributed by atoms with Crippen LogP contribution in [-0.2, 0) is 19.5 Å². The van der Waals surface area contributed by atoms with E-state index in [9.17, 15) is 4.79 Å². The molecule has 0 aliphatic carbocycles. The molecule has 0 radical (unpaired) electrons. The Hall–Kier alpha value is -2.54. The summed E-state index contributed by atoms with van der Waals surface area (Å²) in [6.07, 6.45) is 0.783. The van der Waals surface area contributed by atoms with Gasteiger partial charge in [-0.05, 0) is 67.6 Å². The highest BCUT2D eigenvalue weighted by Crippen LogP contribution is 2.28. The van der Waals surface area contributed by atoms with E-state index in [1.165, 1.54) is 5.56 Å². The van der Waals surface area contributed by atoms with Crippen molar-refractivity contribution >= 4 is 31.9 Å². The zero-order valence-electron chi connectivity index (χ0n) is 18.9. The van der Waals surface area contributed by atoms with E-state index in [1.807, 2.05) is 47.9 Å². The molecule has 34 heavy (non-hydrogen) atoms. The maximum Gasteiger partial charge on any atom is 0.259 e. The summed E-state index contributed by atoms with van der Waals surface area (Å²) in [4.78, 5) is 21.3. The fourth-order valence-corrected chi connectivity index (χ4v) is 5.43. The molecule has 1 aliphatic heterocycles. The average molecular weight is 579 g/mol. The Morgan fingerprint density at radius 2 is 1.56 bits per heavy atom. The van der Waals surface area contributed by atoms with E-state index in [1.54, 1.807) is 0 Å². The van der Waals surface area contributed by atoms with Gasteiger partial charge in [0.1, 0.15) is 5.82 Å². The van der Waals surface area contributed by atoms with E-state index in [2.05, 4.69) is 79.2 Å². The van der Waals surface area contributed by atoms with Crippen molar-refractivity contribution in [1.82, 2.24) is 14.5 Å². The van der Waals surface area contributed by atoms with Crippen LogP contribution >= 0.6 is 31.9 Å². The van der Waals surface area contributed by atoms with Crippen molar-refractivity contribution in [2.75, 3.05) is 6.54 Å². The molecule has 5 rings (SSSR count). The fraction of sp³-hybridized carbons (Fsp3) is 0.214. The number of fused-ring (bicyclic) bond motifs is 1. The van der Waals surface area contributed by atoms with Gasteiger partial charge in [-0.25, -0.2) is 4.98 Å². The second-order valence-electron chi connectivity index (χ2n) is 8.69. The Morgan fingerprint density at radius 1 is 0.912 bits per heavy atom. The van der Waals surface area contributed by atoms with Crippen LogP contribution in [0.2, 0.25) is 0 Å². The molecule has 172 valence electrons. The highest BCUT2D eigenvalue weighted by Gasteiger charge is 2.27. The Balaban J connectivity index is 1.54. The number of aromatic nitrogens is 2. The van der Waals surface area contributed by atoms with E-state index in [4.69, 9.17) is 4.98 Å². The van der Waals surface area contributed by atoms with Gasteiger partial charge >= 0.3 is 0 Å². The molecule has 0 saturated carbocycles. The van der Waals surface area contributed by atoms with Gasteiger partial charge in [-0.2, -0.15) is 0 Å². The van der Waals surface area contributed by atoms with Crippen LogP contribution < -0.4 is 5.56 Å². The van der Waals surface area contributed by atoms with Gasteiger partial charge < -0.3 is 0 Å². The van der Waals surface area contributed by atoms with Crippen LogP contribution in [0.15, 0.2) is 92.6 Å². The number of benzene rings is 3. The fourth-order valence-electron chi connectivity index (χ4n) is 4.76. The topological polar surface area (TPSA) is 38.1 Å². The third-order valence-corrected chi connectivity index (χ3v) is 8.28. The van der Waals surface area contributed by atoms with Crippen LogP contribution in [0.25, 0.3) is 0 Å². The summed E-state index contributed by atoms with van der Waals surface area (Å²) in [5.41, 5.74) is 5.17. The minimum absolute atomic E-state index is 0.0573. The third-order valence-electron chi connectivity index (χ3n) is 6.40. The van der Waals surface area contributed by atoms with Crippen molar-refractivity contribution in [3.8, 4) is 0 Å². The summed E-state index contributed by atoms with van der Waals surface area (Å²) in [5.74, 6) is 0.756. The number of rotatable bonds is 5. The maximum absolute atomic E-state index is 14.0. The maximum atomic E-state index is 14.0. The second-order valence-corrected chi connectivity index (χ2v) is 10.4. The van der Waals surface area contributed by atoms with Crippen molar-refractivity contribution in [1.29, 1.82) is 0 Å². The number of halogens is 2. The van der Waals surface area contributed by atoms with Crippen LogP contribution in [-0.4, -0.2) is 21.0 Å². The highest BCUT2D eigenvalue weighted by atomic mass is 79.9. The molecule has 1 aliphatic rings. The molecule has 3 aromatic carbocycles. The van der Waals surface area contributed by atoms with Crippen LogP contribution in [0.1, 0.15) is 39.8 Å². The Kier molecular flexibility index (Phi) is 6.82. The number of nitrogens with zero attached hydrogens (tertiary/aromatic N) is 3. The zero-order chi connectivity index (χ0) is 23.7. The number of hydrogen-bond donors (Lipinski definition) is 0. The summed E-state index contributed by atoms with van der Waals surface area (Å²) < 4.78 is 3.95. The summed E-state index contributed by atoms with van der Waals surface area (Å²) in [6.45, 7) is 4.23. The molecule has 6 heteroatoms. The third kappa shape index (κ3) is 4.67. The van der Waals surface area contributed by atoms with Gasteiger partial charge in [-0.3, -0.25) is 14.3 Å². The van der Waals surface area contributed by atoms with Crippen molar-refractivity contribution in [2.45, 2.75) is 32.5 Å². The molecule has 0 unspecified atom stereocenters. The summed E-state index contributed by atoms with van der Waals surface area (Å²) in [6, 6.07) is 26.5. The lowest BCUT2D eigenvalue weighted by Gasteiger charge is -2.30. The standard InChI is InChI=1S/C28H25Br2N3O/c1-19-31-26-14-15-32(17-20-12-13-24(29)25(30)16-20)18-23(26)28(34)33(19)27(21-8-4-2-5-9-21)22-10-6-3-7-11-22/h2-13,16,27H,14-15,17-18H2,1H3. The van der Waals surface area contributed by atoms with Gasteiger partial charge in [-0.15, -0.1) is 0 Å². The molecule has 0 bridgehead atoms. The van der Waals surface area contributed by atoms with Gasteiger partial charge in [0.15, 0.2) is 0 Å². The van der Waals surface area contributed by atoms with Crippen molar-refractivity contribution in [2.24, 2.45) is 0 Å². The monoisotopic (exact) mass is 577 g/mol. The van der Waals surface area contributed by atoms with E-state index < -0.39 is 0 Å². The normalized spacial score (nSPS) is 13.8. The lowest BCUT2D eigenvalue weighted by Crippen LogP contribution is -2.40. The van der Waals surface area contributed by atoms with E-state index >= 15 is 0 Å². The molecule has 0 amide bonds. The molecule has 0 atom stereocenters. The molecule has 2 heterocycles. The smallest absolute Gasteiger partial charge is 0.259 e. The quantitative estimate of drug-likeness (QED) is 0.280. The highest BCUT2D eigenvalue weighted by molar-refractivity contribution is 9.13. The molecule has 0 fully saturated rings. The number of hydrogen-bond acceptors (Lipinski definition) is 3. The minimum atomic E-state index is -0.217. The molecule has 0 spiro atoms. The zero-order valence-corrected chi connectivity index (χ0v) is 22.1. The molecule has 4 aromatic rings. The molecule has 0 saturated heterocycles. The first-order valence-corrected chi connectivity index (χ1v) is 13.0. The Labute approximate surface area is 216 Å². The molecule has 0 N–H and O–H groups in total. The van der Waals surface area contributed by atoms with Gasteiger partial charge in [0.25, 0.3) is 5.56 Å². The van der Waals surface area contributed by atoms with Gasteiger partial charge in [0.2, 0.25) is 0 Å². The summed E-state index contributed by atoms with van der Waals surface area (Å²) in [5, 5.41) is 0. The lowest BCUT2D eigenvalue weighted by atomic mass is 9.97. The molecule has 1 aromatic heterocycles. The van der Waals surface area contributed by atoms with E-state index in [-0.39, 0.29) is 11.6 Å². The lowest BCUT2D eigenvalue weighted by molar-refractivity contribution is 0.240. The summed E-state index contributed by atoms with van der Waals surface area (Å²) in [7, 11) is 0. The average Bonchev–Trinajstić information content (AvgIpc) is 2.85. The largest absolute Gasteiger partial charge is 0.294 e. The van der Waals surface area contributed by atoms with Gasteiger partial charge in [-0.1, -0.05) is 66.7 Å². The predicted molar refractivity (Wildman–Crippen MR) is 143 cm³/mol. The first kappa shape index (κ1) is 23.2. The minimum Gasteiger partial charge on any atom is -0.294 e. The Bertz CT molecular complexity index is 1330. The van der Waals surface area contributed by atoms with Gasteiger partial charge in [0.05, 0.1) is 17.3 Å². The van der Waals surface area contributed by atoms with E-state index in [0.29, 0.717) is 6.54 Å². The SMILES string of the molecule is Cc1nc2c(c(=O)n1C(c1ccccc1)c1ccccc1)CN(Cc1ccc(Br)c(Br)c1)CC2. The number of aryl methyl sites for hydroxylation is 1. The molecular weight excluding hydrogens is 554 g/mol. The van der Waals surface area contributed by atoms with Crippen LogP contribution in [0, 0.1) is 6.92 Å². The summed E-state index contributed by atoms with van der Waals surface area (Å²) >= 11 is 7.14. The Morgan fingerprint density at radius 3 is 2.18 bits per heavy atom. The first-order chi connectivity index (χ1) is 16.5. The van der Waals surface area contributed by atoms with E-state index in [0.717, 1.165) is 56.7 Å². The predicted octanol–water partition coefficient (Wildman–Crippen LogP) is 6.27. The molecule has 4 nitrogen and oxygen atoms in total. The van der Waals surface area contributed by atoms with Crippen molar-refractivity contribution in [3.05, 3.63) is 132 Å². The molecular formula is C28H25Br2N3O. The van der Waals surface area contributed by atoms with Crippen LogP contribution in [0.4, 0.5) is 0 Å².